The molecular weight excluding hydrogens is 587 g/mol. The number of fused-ring (bicyclic) bond motifs is 1. The van der Waals surface area contributed by atoms with Crippen LogP contribution >= 0.6 is 0 Å². The molecule has 1 aliphatic rings. The number of alkyl halides is 9. The second-order valence-electron chi connectivity index (χ2n) is 9.41. The lowest BCUT2D eigenvalue weighted by molar-refractivity contribution is -0.143. The number of aromatic amines is 1. The van der Waals surface area contributed by atoms with E-state index < -0.39 is 65.5 Å². The van der Waals surface area contributed by atoms with Crippen molar-refractivity contribution in [3.63, 3.8) is 0 Å². The molecule has 8 nitrogen and oxygen atoms in total. The average Bonchev–Trinajstić information content (AvgIpc) is 3.44. The van der Waals surface area contributed by atoms with Gasteiger partial charge in [-0.2, -0.15) is 44.7 Å². The van der Waals surface area contributed by atoms with Crippen molar-refractivity contribution < 1.29 is 49.0 Å². The molecule has 2 atom stereocenters. The lowest BCUT2D eigenvalue weighted by atomic mass is 9.87. The Bertz CT molecular complexity index is 1370. The highest BCUT2D eigenvalue weighted by Gasteiger charge is 2.42. The number of anilines is 2. The highest BCUT2D eigenvalue weighted by molar-refractivity contribution is 5.90. The molecule has 1 N–H and O–H groups in total. The zero-order valence-electron chi connectivity index (χ0n) is 21.9. The summed E-state index contributed by atoms with van der Waals surface area (Å²) in [7, 11) is 0. The van der Waals surface area contributed by atoms with E-state index in [1.54, 1.807) is 13.8 Å². The molecule has 0 fully saturated rings. The van der Waals surface area contributed by atoms with E-state index in [-0.39, 0.29) is 42.7 Å². The predicted molar refractivity (Wildman–Crippen MR) is 129 cm³/mol. The Kier molecular flexibility index (Phi) is 8.33. The normalized spacial score (nSPS) is 17.6. The van der Waals surface area contributed by atoms with Gasteiger partial charge in [0, 0.05) is 12.6 Å². The third-order valence-electron chi connectivity index (χ3n) is 6.74. The van der Waals surface area contributed by atoms with Gasteiger partial charge in [0.15, 0.2) is 0 Å². The molecule has 0 saturated carbocycles. The Hall–Kier alpha value is -4.05. The zero-order valence-corrected chi connectivity index (χ0v) is 21.9. The van der Waals surface area contributed by atoms with Gasteiger partial charge < -0.3 is 9.64 Å². The summed E-state index contributed by atoms with van der Waals surface area (Å²) in [5, 5.41) is 13.2. The molecule has 1 aromatic heterocycles. The number of amides is 1. The first-order chi connectivity index (χ1) is 19.5. The van der Waals surface area contributed by atoms with Crippen LogP contribution in [0.5, 0.6) is 0 Å². The molecule has 4 rings (SSSR count). The summed E-state index contributed by atoms with van der Waals surface area (Å²) in [5.74, 6) is -0.297. The van der Waals surface area contributed by atoms with Crippen LogP contribution in [0.1, 0.15) is 60.5 Å². The summed E-state index contributed by atoms with van der Waals surface area (Å²) >= 11 is 0. The van der Waals surface area contributed by atoms with Crippen molar-refractivity contribution in [1.82, 2.24) is 20.6 Å². The lowest BCUT2D eigenvalue weighted by Gasteiger charge is -2.43. The van der Waals surface area contributed by atoms with Gasteiger partial charge in [-0.05, 0) is 72.5 Å². The molecule has 0 radical (unpaired) electrons. The number of tetrazole rings is 1. The molecule has 228 valence electrons. The molecule has 2 unspecified atom stereocenters. The number of aromatic nitrogens is 4. The van der Waals surface area contributed by atoms with Crippen LogP contribution in [0.25, 0.3) is 0 Å². The molecule has 17 heteroatoms. The molecule has 1 amide bonds. The van der Waals surface area contributed by atoms with Crippen LogP contribution in [0, 0.1) is 0 Å². The Labute approximate surface area is 232 Å². The van der Waals surface area contributed by atoms with E-state index in [0.29, 0.717) is 12.1 Å². The van der Waals surface area contributed by atoms with Crippen molar-refractivity contribution in [1.29, 1.82) is 0 Å². The fourth-order valence-corrected chi connectivity index (χ4v) is 4.89. The monoisotopic (exact) mass is 610 g/mol. The maximum atomic E-state index is 13.8. The molecule has 42 heavy (non-hydrogen) atoms. The van der Waals surface area contributed by atoms with Crippen LogP contribution in [-0.4, -0.2) is 39.4 Å². The number of nitrogens with one attached hydrogen (secondary N) is 1. The van der Waals surface area contributed by atoms with Gasteiger partial charge in [0.05, 0.1) is 35.0 Å². The van der Waals surface area contributed by atoms with Crippen molar-refractivity contribution in [2.24, 2.45) is 0 Å². The van der Waals surface area contributed by atoms with Gasteiger partial charge in [-0.25, -0.2) is 4.79 Å². The summed E-state index contributed by atoms with van der Waals surface area (Å²) < 4.78 is 128. The number of ether oxygens (including phenoxy) is 1. The second kappa shape index (κ2) is 11.3. The van der Waals surface area contributed by atoms with E-state index in [0.717, 1.165) is 23.1 Å². The highest BCUT2D eigenvalue weighted by atomic mass is 19.4. The second-order valence-corrected chi connectivity index (χ2v) is 9.41. The van der Waals surface area contributed by atoms with Gasteiger partial charge in [-0.3, -0.25) is 4.90 Å². The van der Waals surface area contributed by atoms with Crippen LogP contribution < -0.4 is 9.80 Å². The third-order valence-corrected chi connectivity index (χ3v) is 6.74. The largest absolute Gasteiger partial charge is 0.449 e. The molecule has 0 saturated heterocycles. The van der Waals surface area contributed by atoms with Gasteiger partial charge in [0.25, 0.3) is 5.95 Å². The minimum atomic E-state index is -5.13. The lowest BCUT2D eigenvalue weighted by Crippen LogP contribution is -2.48. The quantitative estimate of drug-likeness (QED) is 0.299. The van der Waals surface area contributed by atoms with Gasteiger partial charge >= 0.3 is 24.6 Å². The Balaban J connectivity index is 1.91. The number of hydrogen-bond acceptors (Lipinski definition) is 6. The zero-order chi connectivity index (χ0) is 31.0. The van der Waals surface area contributed by atoms with E-state index in [2.05, 4.69) is 20.6 Å². The summed E-state index contributed by atoms with van der Waals surface area (Å²) in [6.07, 6.45) is -15.7. The van der Waals surface area contributed by atoms with Gasteiger partial charge in [-0.1, -0.05) is 12.0 Å². The van der Waals surface area contributed by atoms with Gasteiger partial charge in [0.1, 0.15) is 0 Å². The maximum absolute atomic E-state index is 13.8. The third kappa shape index (κ3) is 6.38. The molecule has 3 aromatic rings. The van der Waals surface area contributed by atoms with E-state index in [9.17, 15) is 44.3 Å². The van der Waals surface area contributed by atoms with Crippen molar-refractivity contribution >= 4 is 17.7 Å². The maximum Gasteiger partial charge on any atom is 0.416 e. The minimum Gasteiger partial charge on any atom is -0.449 e. The smallest absolute Gasteiger partial charge is 0.416 e. The first-order valence-corrected chi connectivity index (χ1v) is 12.5. The number of carbonyl (C=O) groups is 1. The minimum absolute atomic E-state index is 0.0260. The Morgan fingerprint density at radius 3 is 2.07 bits per heavy atom. The van der Waals surface area contributed by atoms with E-state index in [1.165, 1.54) is 4.90 Å². The molecule has 2 aromatic carbocycles. The van der Waals surface area contributed by atoms with E-state index in [4.69, 9.17) is 4.74 Å². The number of hydrogen-bond donors (Lipinski definition) is 1. The summed E-state index contributed by atoms with van der Waals surface area (Å²) in [6.45, 7) is 2.53. The number of nitrogens with zero attached hydrogens (tertiary/aromatic N) is 5. The average molecular weight is 610 g/mol. The first kappa shape index (κ1) is 30.9. The first-order valence-electron chi connectivity index (χ1n) is 12.5. The number of rotatable bonds is 6. The molecule has 0 bridgehead atoms. The molecule has 0 aliphatic carbocycles. The van der Waals surface area contributed by atoms with Crippen LogP contribution in [0.3, 0.4) is 0 Å². The topological polar surface area (TPSA) is 87.2 Å². The number of H-pyrrole nitrogens is 1. The van der Waals surface area contributed by atoms with Crippen molar-refractivity contribution in [3.8, 4) is 0 Å². The SMILES string of the molecule is CCOC(=O)N1c2ccc(C(F)(F)F)cc2C(N(Cc2cc(C(F)(F)F)cc(C(F)(F)F)c2)c2nn[nH]n2)CC1CC. The van der Waals surface area contributed by atoms with Crippen molar-refractivity contribution in [3.05, 3.63) is 64.2 Å². The Morgan fingerprint density at radius 1 is 0.952 bits per heavy atom. The predicted octanol–water partition coefficient (Wildman–Crippen LogP) is 7.15. The highest BCUT2D eigenvalue weighted by Crippen LogP contribution is 2.46. The fourth-order valence-electron chi connectivity index (χ4n) is 4.89. The fraction of sp³-hybridized carbons (Fsp3) is 0.440. The van der Waals surface area contributed by atoms with E-state index >= 15 is 0 Å². The number of halogens is 9. The molecular formula is C25H23F9N6O2. The molecule has 0 spiro atoms. The summed E-state index contributed by atoms with van der Waals surface area (Å²) in [4.78, 5) is 15.2. The summed E-state index contributed by atoms with van der Waals surface area (Å²) in [5.41, 5.74) is -4.74. The Morgan fingerprint density at radius 2 is 1.57 bits per heavy atom. The van der Waals surface area contributed by atoms with Crippen LogP contribution in [-0.2, 0) is 29.8 Å². The standard InChI is InChI=1S/C25H23F9N6O2/c1-3-17-11-20(18-10-14(23(26,27)28)5-6-19(18)40(17)22(41)42-4-2)39(21-35-37-38-36-21)12-13-7-15(24(29,30)31)9-16(8-13)25(32,33)34/h5-10,17,20H,3-4,11-12H2,1-2H3,(H,35,36,37,38). The van der Waals surface area contributed by atoms with Crippen LogP contribution in [0.2, 0.25) is 0 Å². The van der Waals surface area contributed by atoms with Gasteiger partial charge in [-0.15, -0.1) is 5.10 Å². The van der Waals surface area contributed by atoms with Crippen LogP contribution in [0.4, 0.5) is 55.9 Å². The van der Waals surface area contributed by atoms with Gasteiger partial charge in [0.2, 0.25) is 0 Å². The number of benzene rings is 2. The van der Waals surface area contributed by atoms with Crippen LogP contribution in [0.15, 0.2) is 36.4 Å². The van der Waals surface area contributed by atoms with Crippen molar-refractivity contribution in [2.45, 2.75) is 63.8 Å². The van der Waals surface area contributed by atoms with E-state index in [1.807, 2.05) is 0 Å². The number of carbonyl (C=O) groups excluding carboxylic acids is 1. The summed E-state index contributed by atoms with van der Waals surface area (Å²) in [6, 6.07) is 1.79. The van der Waals surface area contributed by atoms with Crippen molar-refractivity contribution in [2.75, 3.05) is 16.4 Å². The molecule has 1 aliphatic heterocycles. The molecule has 2 heterocycles.